The summed E-state index contributed by atoms with van der Waals surface area (Å²) in [6.45, 7) is 3.05. The standard InChI is InChI=1S/C17H19FN6O7S/c1-3-29-16(25)23-32(27,28)19-8-4-5-13-14(21-31-20-13)15-22-30-17(26)24(15)11-6-7-12(18)10(2)9-11/h6-7,9,19H,3-5,8H2,1-2H3,(H,23,25). The van der Waals surface area contributed by atoms with Crippen molar-refractivity contribution in [2.45, 2.75) is 26.7 Å². The number of hydrogen-bond donors (Lipinski definition) is 2. The number of nitrogens with zero attached hydrogens (tertiary/aromatic N) is 4. The van der Waals surface area contributed by atoms with Gasteiger partial charge in [0.2, 0.25) is 5.82 Å². The Balaban J connectivity index is 1.71. The summed E-state index contributed by atoms with van der Waals surface area (Å²) in [4.78, 5) is 23.4. The molecule has 15 heteroatoms. The van der Waals surface area contributed by atoms with Crippen LogP contribution < -0.4 is 15.2 Å². The second-order valence-electron chi connectivity index (χ2n) is 6.42. The van der Waals surface area contributed by atoms with Gasteiger partial charge in [-0.2, -0.15) is 13.1 Å². The van der Waals surface area contributed by atoms with Gasteiger partial charge in [0.05, 0.1) is 12.3 Å². The zero-order valence-electron chi connectivity index (χ0n) is 17.0. The number of aryl methyl sites for hydroxylation is 2. The van der Waals surface area contributed by atoms with Crippen LogP contribution in [-0.4, -0.2) is 47.7 Å². The Kier molecular flexibility index (Phi) is 6.99. The molecule has 3 rings (SSSR count). The molecule has 0 spiro atoms. The van der Waals surface area contributed by atoms with Gasteiger partial charge in [-0.3, -0.25) is 4.52 Å². The van der Waals surface area contributed by atoms with Crippen molar-refractivity contribution in [1.29, 1.82) is 0 Å². The van der Waals surface area contributed by atoms with Gasteiger partial charge in [-0.15, -0.1) is 0 Å². The summed E-state index contributed by atoms with van der Waals surface area (Å²) in [5, 5.41) is 11.2. The maximum absolute atomic E-state index is 13.6. The third-order valence-corrected chi connectivity index (χ3v) is 5.17. The third-order valence-electron chi connectivity index (χ3n) is 4.15. The van der Waals surface area contributed by atoms with E-state index in [4.69, 9.17) is 9.15 Å². The Morgan fingerprint density at radius 3 is 2.78 bits per heavy atom. The first kappa shape index (κ1) is 23.1. The van der Waals surface area contributed by atoms with Crippen LogP contribution >= 0.6 is 0 Å². The van der Waals surface area contributed by atoms with Crippen molar-refractivity contribution in [3.05, 3.63) is 45.8 Å². The Morgan fingerprint density at radius 1 is 1.28 bits per heavy atom. The lowest BCUT2D eigenvalue weighted by Gasteiger charge is -2.08. The van der Waals surface area contributed by atoms with Crippen LogP contribution in [0.5, 0.6) is 0 Å². The van der Waals surface area contributed by atoms with E-state index in [0.717, 1.165) is 4.57 Å². The SMILES string of the molecule is CCOC(=O)NS(=O)(=O)NCCCc1nonc1-c1noc(=O)n1-c1ccc(F)c(C)c1. The second kappa shape index (κ2) is 9.69. The van der Waals surface area contributed by atoms with E-state index in [9.17, 15) is 22.4 Å². The number of aromatic nitrogens is 4. The number of nitrogens with one attached hydrogen (secondary N) is 2. The van der Waals surface area contributed by atoms with Gasteiger partial charge >= 0.3 is 22.1 Å². The molecule has 13 nitrogen and oxygen atoms in total. The highest BCUT2D eigenvalue weighted by molar-refractivity contribution is 7.88. The Bertz CT molecular complexity index is 1270. The van der Waals surface area contributed by atoms with E-state index in [1.807, 2.05) is 0 Å². The first-order chi connectivity index (χ1) is 15.2. The highest BCUT2D eigenvalue weighted by atomic mass is 32.2. The summed E-state index contributed by atoms with van der Waals surface area (Å²) in [5.74, 6) is -1.27. The number of amides is 1. The lowest BCUT2D eigenvalue weighted by atomic mass is 10.2. The van der Waals surface area contributed by atoms with Crippen molar-refractivity contribution < 1.29 is 31.5 Å². The van der Waals surface area contributed by atoms with Crippen molar-refractivity contribution in [1.82, 2.24) is 29.5 Å². The number of benzene rings is 1. The Labute approximate surface area is 180 Å². The Hall–Kier alpha value is -3.59. The van der Waals surface area contributed by atoms with Crippen LogP contribution in [0.25, 0.3) is 17.2 Å². The normalized spacial score (nSPS) is 11.5. The molecule has 2 heterocycles. The predicted octanol–water partition coefficient (Wildman–Crippen LogP) is 0.836. The minimum Gasteiger partial charge on any atom is -0.449 e. The lowest BCUT2D eigenvalue weighted by molar-refractivity contribution is 0.158. The molecule has 0 bridgehead atoms. The molecule has 2 aromatic heterocycles. The molecule has 0 fully saturated rings. The monoisotopic (exact) mass is 470 g/mol. The van der Waals surface area contributed by atoms with E-state index in [1.165, 1.54) is 32.0 Å². The van der Waals surface area contributed by atoms with Gasteiger partial charge in [0, 0.05) is 6.54 Å². The zero-order valence-corrected chi connectivity index (χ0v) is 17.8. The molecule has 1 aromatic carbocycles. The van der Waals surface area contributed by atoms with E-state index < -0.39 is 27.9 Å². The quantitative estimate of drug-likeness (QED) is 0.427. The van der Waals surface area contributed by atoms with Crippen LogP contribution in [0, 0.1) is 12.7 Å². The highest BCUT2D eigenvalue weighted by Crippen LogP contribution is 2.22. The first-order valence-corrected chi connectivity index (χ1v) is 10.8. The van der Waals surface area contributed by atoms with Crippen LogP contribution in [0.2, 0.25) is 0 Å². The van der Waals surface area contributed by atoms with Crippen LogP contribution in [-0.2, 0) is 21.4 Å². The fourth-order valence-electron chi connectivity index (χ4n) is 2.70. The van der Waals surface area contributed by atoms with E-state index in [0.29, 0.717) is 11.3 Å². The van der Waals surface area contributed by atoms with Crippen molar-refractivity contribution in [2.75, 3.05) is 13.2 Å². The topological polar surface area (TPSA) is 171 Å². The van der Waals surface area contributed by atoms with Gasteiger partial charge in [0.1, 0.15) is 11.5 Å². The van der Waals surface area contributed by atoms with Crippen molar-refractivity contribution in [3.63, 3.8) is 0 Å². The lowest BCUT2D eigenvalue weighted by Crippen LogP contribution is -2.41. The molecule has 0 aliphatic carbocycles. The minimum atomic E-state index is -4.09. The van der Waals surface area contributed by atoms with Crippen LogP contribution in [0.15, 0.2) is 32.1 Å². The molecule has 0 unspecified atom stereocenters. The minimum absolute atomic E-state index is 0.0122. The van der Waals surface area contributed by atoms with Crippen molar-refractivity contribution >= 4 is 16.3 Å². The number of carbonyl (C=O) groups excluding carboxylic acids is 1. The molecule has 3 aromatic rings. The van der Waals surface area contributed by atoms with Crippen LogP contribution in [0.1, 0.15) is 24.6 Å². The first-order valence-electron chi connectivity index (χ1n) is 9.33. The summed E-state index contributed by atoms with van der Waals surface area (Å²) in [7, 11) is -4.09. The average Bonchev–Trinajstić information content (AvgIpc) is 3.33. The molecule has 1 amide bonds. The molecule has 0 saturated heterocycles. The Morgan fingerprint density at radius 2 is 2.06 bits per heavy atom. The van der Waals surface area contributed by atoms with Gasteiger partial charge in [-0.1, -0.05) is 10.3 Å². The molecule has 0 atom stereocenters. The molecule has 0 aliphatic heterocycles. The average molecular weight is 470 g/mol. The fraction of sp³-hybridized carbons (Fsp3) is 0.353. The van der Waals surface area contributed by atoms with Gasteiger partial charge in [0.25, 0.3) is 0 Å². The van der Waals surface area contributed by atoms with Crippen molar-refractivity contribution in [3.8, 4) is 17.2 Å². The van der Waals surface area contributed by atoms with Crippen LogP contribution in [0.3, 0.4) is 0 Å². The maximum atomic E-state index is 13.6. The van der Waals surface area contributed by atoms with E-state index in [1.54, 1.807) is 4.72 Å². The summed E-state index contributed by atoms with van der Waals surface area (Å²) >= 11 is 0. The summed E-state index contributed by atoms with van der Waals surface area (Å²) in [6.07, 6.45) is -0.671. The molecule has 0 aliphatic rings. The largest absolute Gasteiger partial charge is 0.449 e. The van der Waals surface area contributed by atoms with Crippen molar-refractivity contribution in [2.24, 2.45) is 0 Å². The third kappa shape index (κ3) is 5.36. The number of hydrogen-bond acceptors (Lipinski definition) is 10. The second-order valence-corrected chi connectivity index (χ2v) is 7.92. The number of rotatable bonds is 9. The highest BCUT2D eigenvalue weighted by Gasteiger charge is 2.23. The summed E-state index contributed by atoms with van der Waals surface area (Å²) < 4.78 is 56.1. The van der Waals surface area contributed by atoms with Gasteiger partial charge in [-0.05, 0) is 55.6 Å². The molecule has 2 N–H and O–H groups in total. The number of carbonyl (C=O) groups is 1. The molecule has 0 saturated carbocycles. The van der Waals surface area contributed by atoms with E-state index in [-0.39, 0.29) is 43.2 Å². The molecule has 0 radical (unpaired) electrons. The smallest absolute Gasteiger partial charge is 0.446 e. The fourth-order valence-corrected chi connectivity index (χ4v) is 3.47. The van der Waals surface area contributed by atoms with Gasteiger partial charge in [0.15, 0.2) is 5.69 Å². The maximum Gasteiger partial charge on any atom is 0.446 e. The predicted molar refractivity (Wildman–Crippen MR) is 105 cm³/mol. The zero-order chi connectivity index (χ0) is 23.3. The van der Waals surface area contributed by atoms with Gasteiger partial charge < -0.3 is 4.74 Å². The molecular weight excluding hydrogens is 451 g/mol. The van der Waals surface area contributed by atoms with Crippen LogP contribution in [0.4, 0.5) is 9.18 Å². The molecule has 172 valence electrons. The summed E-state index contributed by atoms with van der Waals surface area (Å²) in [6, 6.07) is 4.02. The van der Waals surface area contributed by atoms with E-state index >= 15 is 0 Å². The van der Waals surface area contributed by atoms with Gasteiger partial charge in [-0.25, -0.2) is 27.9 Å². The van der Waals surface area contributed by atoms with E-state index in [2.05, 4.69) is 24.9 Å². The number of halogens is 1. The number of ether oxygens (including phenoxy) is 1. The summed E-state index contributed by atoms with van der Waals surface area (Å²) in [5.41, 5.74) is 0.995. The molecular formula is C17H19FN6O7S. The molecule has 32 heavy (non-hydrogen) atoms.